The van der Waals surface area contributed by atoms with E-state index < -0.39 is 0 Å². The second-order valence-electron chi connectivity index (χ2n) is 7.98. The van der Waals surface area contributed by atoms with E-state index in [1.54, 1.807) is 16.2 Å². The quantitative estimate of drug-likeness (QED) is 0.594. The van der Waals surface area contributed by atoms with Crippen molar-refractivity contribution in [2.24, 2.45) is 5.92 Å². The normalized spacial score (nSPS) is 21.7. The first-order chi connectivity index (χ1) is 14.6. The van der Waals surface area contributed by atoms with Crippen molar-refractivity contribution >= 4 is 45.0 Å². The van der Waals surface area contributed by atoms with Gasteiger partial charge in [0.2, 0.25) is 11.8 Å². The molecule has 2 aliphatic rings. The van der Waals surface area contributed by atoms with Crippen LogP contribution in [0, 0.1) is 5.92 Å². The molecule has 0 bridgehead atoms. The number of amides is 2. The molecule has 7 heteroatoms. The second kappa shape index (κ2) is 8.00. The molecule has 154 valence electrons. The Kier molecular flexibility index (Phi) is 5.21. The third-order valence-corrected chi connectivity index (χ3v) is 7.52. The van der Waals surface area contributed by atoms with E-state index in [-0.39, 0.29) is 30.2 Å². The molecule has 3 heterocycles. The number of thiazole rings is 1. The van der Waals surface area contributed by atoms with Gasteiger partial charge in [0.1, 0.15) is 5.01 Å². The van der Waals surface area contributed by atoms with Gasteiger partial charge in [0.25, 0.3) is 0 Å². The van der Waals surface area contributed by atoms with Crippen LogP contribution in [0.25, 0.3) is 10.2 Å². The molecular weight excluding hydrogens is 418 g/mol. The molecule has 30 heavy (non-hydrogen) atoms. The summed E-state index contributed by atoms with van der Waals surface area (Å²) in [6, 6.07) is 15.6. The van der Waals surface area contributed by atoms with Crippen LogP contribution in [-0.2, 0) is 16.1 Å². The first kappa shape index (κ1) is 19.5. The number of likely N-dealkylation sites (tertiary alicyclic amines) is 2. The lowest BCUT2D eigenvalue weighted by molar-refractivity contribution is -0.136. The molecule has 1 aromatic heterocycles. The van der Waals surface area contributed by atoms with Gasteiger partial charge in [0, 0.05) is 31.1 Å². The smallest absolute Gasteiger partial charge is 0.228 e. The number of benzene rings is 2. The summed E-state index contributed by atoms with van der Waals surface area (Å²) in [5, 5.41) is 1.65. The van der Waals surface area contributed by atoms with E-state index in [0.29, 0.717) is 18.1 Å². The highest BCUT2D eigenvalue weighted by Crippen LogP contribution is 2.38. The van der Waals surface area contributed by atoms with Gasteiger partial charge in [-0.15, -0.1) is 11.3 Å². The maximum Gasteiger partial charge on any atom is 0.228 e. The minimum atomic E-state index is -0.296. The van der Waals surface area contributed by atoms with Crippen molar-refractivity contribution in [1.29, 1.82) is 0 Å². The van der Waals surface area contributed by atoms with Crippen LogP contribution >= 0.6 is 22.9 Å². The van der Waals surface area contributed by atoms with Crippen LogP contribution in [0.2, 0.25) is 5.02 Å². The maximum absolute atomic E-state index is 13.4. The van der Waals surface area contributed by atoms with Gasteiger partial charge in [0.15, 0.2) is 0 Å². The van der Waals surface area contributed by atoms with Crippen LogP contribution in [0.4, 0.5) is 0 Å². The van der Waals surface area contributed by atoms with Crippen molar-refractivity contribution in [3.05, 3.63) is 64.1 Å². The highest BCUT2D eigenvalue weighted by atomic mass is 35.5. The van der Waals surface area contributed by atoms with Gasteiger partial charge < -0.3 is 9.80 Å². The molecule has 0 saturated carbocycles. The molecular formula is C23H22ClN3O2S. The summed E-state index contributed by atoms with van der Waals surface area (Å²) in [6.07, 6.45) is 2.16. The molecule has 0 N–H and O–H groups in total. The molecule has 2 amide bonds. The Morgan fingerprint density at radius 1 is 1.17 bits per heavy atom. The zero-order chi connectivity index (χ0) is 20.7. The lowest BCUT2D eigenvalue weighted by Gasteiger charge is -2.26. The highest BCUT2D eigenvalue weighted by Gasteiger charge is 2.41. The van der Waals surface area contributed by atoms with Gasteiger partial charge in [0.05, 0.1) is 22.2 Å². The molecule has 5 rings (SSSR count). The zero-order valence-corrected chi connectivity index (χ0v) is 18.0. The Balaban J connectivity index is 1.31. The number of carbonyl (C=O) groups excluding carboxylic acids is 2. The SMILES string of the molecule is O=C1C[C@H](C(=O)N2CCC[C@H]2c2nc3ccccc3s2)CN1Cc1ccccc1Cl. The topological polar surface area (TPSA) is 53.5 Å². The Labute approximate surface area is 184 Å². The van der Waals surface area contributed by atoms with Crippen molar-refractivity contribution in [2.75, 3.05) is 13.1 Å². The van der Waals surface area contributed by atoms with Crippen molar-refractivity contribution in [3.8, 4) is 0 Å². The number of rotatable bonds is 4. The van der Waals surface area contributed by atoms with Crippen LogP contribution < -0.4 is 0 Å². The summed E-state index contributed by atoms with van der Waals surface area (Å²) in [6.45, 7) is 1.63. The summed E-state index contributed by atoms with van der Waals surface area (Å²) in [5.41, 5.74) is 1.90. The number of hydrogen-bond donors (Lipinski definition) is 0. The fourth-order valence-corrected chi connectivity index (χ4v) is 5.79. The van der Waals surface area contributed by atoms with E-state index in [2.05, 4.69) is 6.07 Å². The molecule has 5 nitrogen and oxygen atoms in total. The molecule has 0 unspecified atom stereocenters. The van der Waals surface area contributed by atoms with Crippen LogP contribution in [-0.4, -0.2) is 39.7 Å². The van der Waals surface area contributed by atoms with E-state index in [1.807, 2.05) is 47.4 Å². The van der Waals surface area contributed by atoms with Gasteiger partial charge in [-0.1, -0.05) is 41.9 Å². The van der Waals surface area contributed by atoms with Crippen LogP contribution in [0.5, 0.6) is 0 Å². The number of carbonyl (C=O) groups is 2. The Morgan fingerprint density at radius 3 is 2.80 bits per heavy atom. The minimum Gasteiger partial charge on any atom is -0.337 e. The third kappa shape index (κ3) is 3.59. The first-order valence-electron chi connectivity index (χ1n) is 10.3. The monoisotopic (exact) mass is 439 g/mol. The molecule has 3 aromatic rings. The summed E-state index contributed by atoms with van der Waals surface area (Å²) < 4.78 is 1.15. The highest BCUT2D eigenvalue weighted by molar-refractivity contribution is 7.18. The molecule has 0 radical (unpaired) electrons. The van der Waals surface area contributed by atoms with Gasteiger partial charge in [-0.05, 0) is 36.6 Å². The van der Waals surface area contributed by atoms with Crippen LogP contribution in [0.15, 0.2) is 48.5 Å². The van der Waals surface area contributed by atoms with Gasteiger partial charge in [-0.25, -0.2) is 4.98 Å². The standard InChI is InChI=1S/C23H22ClN3O2S/c24-17-7-2-1-6-15(17)13-26-14-16(12-21(26)28)23(29)27-11-5-9-19(27)22-25-18-8-3-4-10-20(18)30-22/h1-4,6-8,10,16,19H,5,9,11-14H2/t16-,19-/m0/s1. The third-order valence-electron chi connectivity index (χ3n) is 6.01. The maximum atomic E-state index is 13.4. The summed E-state index contributed by atoms with van der Waals surface area (Å²) in [7, 11) is 0. The number of nitrogens with zero attached hydrogens (tertiary/aromatic N) is 3. The molecule has 2 saturated heterocycles. The first-order valence-corrected chi connectivity index (χ1v) is 11.5. The van der Waals surface area contributed by atoms with Gasteiger partial charge in [-0.3, -0.25) is 9.59 Å². The number of para-hydroxylation sites is 1. The number of fused-ring (bicyclic) bond motifs is 1. The van der Waals surface area contributed by atoms with E-state index in [4.69, 9.17) is 16.6 Å². The zero-order valence-electron chi connectivity index (χ0n) is 16.5. The lowest BCUT2D eigenvalue weighted by Crippen LogP contribution is -2.37. The number of hydrogen-bond acceptors (Lipinski definition) is 4. The van der Waals surface area contributed by atoms with E-state index in [1.165, 1.54) is 0 Å². The summed E-state index contributed by atoms with van der Waals surface area (Å²) in [5.74, 6) is -0.203. The van der Waals surface area contributed by atoms with E-state index in [0.717, 1.165) is 40.2 Å². The number of halogens is 1. The summed E-state index contributed by atoms with van der Waals surface area (Å²) >= 11 is 7.92. The summed E-state index contributed by atoms with van der Waals surface area (Å²) in [4.78, 5) is 34.4. The average molecular weight is 440 g/mol. The molecule has 0 spiro atoms. The number of aromatic nitrogens is 1. The molecule has 2 aliphatic heterocycles. The van der Waals surface area contributed by atoms with E-state index in [9.17, 15) is 9.59 Å². The lowest BCUT2D eigenvalue weighted by atomic mass is 10.1. The Hall–Kier alpha value is -2.44. The minimum absolute atomic E-state index is 0.0163. The molecule has 2 atom stereocenters. The average Bonchev–Trinajstić information content (AvgIpc) is 3.47. The van der Waals surface area contributed by atoms with Crippen molar-refractivity contribution in [1.82, 2.24) is 14.8 Å². The van der Waals surface area contributed by atoms with Gasteiger partial charge in [-0.2, -0.15) is 0 Å². The Morgan fingerprint density at radius 2 is 1.97 bits per heavy atom. The van der Waals surface area contributed by atoms with Crippen molar-refractivity contribution < 1.29 is 9.59 Å². The predicted octanol–water partition coefficient (Wildman–Crippen LogP) is 4.66. The van der Waals surface area contributed by atoms with Crippen molar-refractivity contribution in [3.63, 3.8) is 0 Å². The van der Waals surface area contributed by atoms with Crippen LogP contribution in [0.1, 0.15) is 35.9 Å². The fraction of sp³-hybridized carbons (Fsp3) is 0.348. The van der Waals surface area contributed by atoms with E-state index >= 15 is 0 Å². The second-order valence-corrected chi connectivity index (χ2v) is 9.45. The molecule has 0 aliphatic carbocycles. The van der Waals surface area contributed by atoms with Gasteiger partial charge >= 0.3 is 0 Å². The van der Waals surface area contributed by atoms with Crippen molar-refractivity contribution in [2.45, 2.75) is 31.8 Å². The van der Waals surface area contributed by atoms with Crippen LogP contribution in [0.3, 0.4) is 0 Å². The predicted molar refractivity (Wildman–Crippen MR) is 118 cm³/mol. The largest absolute Gasteiger partial charge is 0.337 e. The fourth-order valence-electron chi connectivity index (χ4n) is 4.48. The Bertz CT molecular complexity index is 1080. The molecule has 2 fully saturated rings. The molecule has 2 aromatic carbocycles.